The number of esters is 1. The van der Waals surface area contributed by atoms with E-state index < -0.39 is 12.0 Å². The van der Waals surface area contributed by atoms with Crippen molar-refractivity contribution in [2.24, 2.45) is 5.92 Å². The zero-order chi connectivity index (χ0) is 25.1. The summed E-state index contributed by atoms with van der Waals surface area (Å²) >= 11 is 0. The first-order valence-electron chi connectivity index (χ1n) is 11.5. The summed E-state index contributed by atoms with van der Waals surface area (Å²) in [5.41, 5.74) is 5.72. The number of nitrogens with zero attached hydrogens (tertiary/aromatic N) is 1. The van der Waals surface area contributed by atoms with Crippen molar-refractivity contribution in [3.63, 3.8) is 0 Å². The lowest BCUT2D eigenvalue weighted by atomic mass is 10.00. The summed E-state index contributed by atoms with van der Waals surface area (Å²) in [4.78, 5) is 39.4. The van der Waals surface area contributed by atoms with E-state index in [2.05, 4.69) is 10.6 Å². The second kappa shape index (κ2) is 10.0. The third kappa shape index (κ3) is 5.19. The molecule has 1 aliphatic heterocycles. The summed E-state index contributed by atoms with van der Waals surface area (Å²) in [6.07, 6.45) is 0. The van der Waals surface area contributed by atoms with Gasteiger partial charge in [0.05, 0.1) is 7.11 Å². The van der Waals surface area contributed by atoms with Crippen molar-refractivity contribution in [1.29, 1.82) is 0 Å². The SMILES string of the molecule is COC(=O)[C@H](C(C)C)N1Cc2ccc(-c3ccc(NC(=O)Nc4cccc(C)c4)cc3)cc2C1=O. The Morgan fingerprint density at radius 2 is 1.60 bits per heavy atom. The Balaban J connectivity index is 1.47. The van der Waals surface area contributed by atoms with Gasteiger partial charge in [-0.25, -0.2) is 9.59 Å². The third-order valence-corrected chi connectivity index (χ3v) is 6.10. The summed E-state index contributed by atoms with van der Waals surface area (Å²) in [5.74, 6) is -0.642. The Labute approximate surface area is 205 Å². The van der Waals surface area contributed by atoms with Crippen molar-refractivity contribution >= 4 is 29.3 Å². The summed E-state index contributed by atoms with van der Waals surface area (Å²) in [6.45, 7) is 6.15. The van der Waals surface area contributed by atoms with Crippen LogP contribution in [0.3, 0.4) is 0 Å². The molecule has 0 unspecified atom stereocenters. The minimum atomic E-state index is -0.625. The number of anilines is 2. The standard InChI is InChI=1S/C28H29N3O4/c1-17(2)25(27(33)35-4)31-16-21-9-8-20(15-24(21)26(31)32)19-10-12-22(13-11-19)29-28(34)30-23-7-5-6-18(3)14-23/h5-15,17,25H,16H2,1-4H3,(H2,29,30,34)/t25-/m0/s1. The Kier molecular flexibility index (Phi) is 6.87. The van der Waals surface area contributed by atoms with Crippen molar-refractivity contribution in [1.82, 2.24) is 4.90 Å². The minimum absolute atomic E-state index is 0.0664. The van der Waals surface area contributed by atoms with Crippen LogP contribution < -0.4 is 10.6 Å². The van der Waals surface area contributed by atoms with Crippen molar-refractivity contribution < 1.29 is 19.1 Å². The Morgan fingerprint density at radius 3 is 2.26 bits per heavy atom. The molecular weight excluding hydrogens is 442 g/mol. The molecule has 180 valence electrons. The van der Waals surface area contributed by atoms with E-state index in [-0.39, 0.29) is 17.9 Å². The number of carbonyl (C=O) groups excluding carboxylic acids is 3. The number of carbonyl (C=O) groups is 3. The molecule has 2 N–H and O–H groups in total. The van der Waals surface area contributed by atoms with Gasteiger partial charge >= 0.3 is 12.0 Å². The maximum absolute atomic E-state index is 13.2. The van der Waals surface area contributed by atoms with Gasteiger partial charge in [-0.05, 0) is 65.4 Å². The number of hydrogen-bond acceptors (Lipinski definition) is 4. The molecule has 7 heteroatoms. The largest absolute Gasteiger partial charge is 0.467 e. The van der Waals surface area contributed by atoms with Gasteiger partial charge in [0.15, 0.2) is 0 Å². The zero-order valence-electron chi connectivity index (χ0n) is 20.3. The molecule has 0 bridgehead atoms. The van der Waals surface area contributed by atoms with Crippen LogP contribution in [0.1, 0.15) is 35.3 Å². The number of urea groups is 1. The highest BCUT2D eigenvalue weighted by Gasteiger charge is 2.38. The van der Waals surface area contributed by atoms with E-state index in [1.807, 2.05) is 87.5 Å². The van der Waals surface area contributed by atoms with Gasteiger partial charge in [-0.3, -0.25) is 4.79 Å². The molecule has 1 atom stereocenters. The molecule has 3 aromatic carbocycles. The molecule has 4 rings (SSSR count). The molecule has 35 heavy (non-hydrogen) atoms. The highest BCUT2D eigenvalue weighted by atomic mass is 16.5. The van der Waals surface area contributed by atoms with E-state index in [4.69, 9.17) is 4.74 Å². The van der Waals surface area contributed by atoms with E-state index in [9.17, 15) is 14.4 Å². The van der Waals surface area contributed by atoms with Gasteiger partial charge < -0.3 is 20.3 Å². The summed E-state index contributed by atoms with van der Waals surface area (Å²) in [6, 6.07) is 19.8. The maximum atomic E-state index is 13.2. The lowest BCUT2D eigenvalue weighted by Crippen LogP contribution is -2.45. The molecule has 0 radical (unpaired) electrons. The minimum Gasteiger partial charge on any atom is -0.467 e. The average molecular weight is 472 g/mol. The van der Waals surface area contributed by atoms with Crippen LogP contribution in [0.15, 0.2) is 66.7 Å². The molecule has 1 aliphatic rings. The molecule has 0 saturated heterocycles. The third-order valence-electron chi connectivity index (χ3n) is 6.10. The van der Waals surface area contributed by atoms with Crippen LogP contribution in [-0.4, -0.2) is 36.0 Å². The molecule has 0 spiro atoms. The summed E-state index contributed by atoms with van der Waals surface area (Å²) in [5, 5.41) is 5.65. The second-order valence-electron chi connectivity index (χ2n) is 9.04. The number of ether oxygens (including phenoxy) is 1. The molecule has 0 aliphatic carbocycles. The first kappa shape index (κ1) is 24.0. The lowest BCUT2D eigenvalue weighted by Gasteiger charge is -2.28. The number of rotatable bonds is 6. The topological polar surface area (TPSA) is 87.7 Å². The van der Waals surface area contributed by atoms with Crippen molar-refractivity contribution in [2.75, 3.05) is 17.7 Å². The smallest absolute Gasteiger partial charge is 0.328 e. The van der Waals surface area contributed by atoms with Crippen LogP contribution in [-0.2, 0) is 16.1 Å². The van der Waals surface area contributed by atoms with E-state index in [0.29, 0.717) is 17.8 Å². The highest BCUT2D eigenvalue weighted by Crippen LogP contribution is 2.32. The van der Waals surface area contributed by atoms with Crippen LogP contribution >= 0.6 is 0 Å². The van der Waals surface area contributed by atoms with E-state index in [0.717, 1.165) is 27.9 Å². The summed E-state index contributed by atoms with van der Waals surface area (Å²) in [7, 11) is 1.34. The van der Waals surface area contributed by atoms with Gasteiger partial charge in [-0.2, -0.15) is 0 Å². The van der Waals surface area contributed by atoms with Gasteiger partial charge in [0.25, 0.3) is 5.91 Å². The Morgan fingerprint density at radius 1 is 0.914 bits per heavy atom. The fourth-order valence-electron chi connectivity index (χ4n) is 4.37. The van der Waals surface area contributed by atoms with E-state index in [1.165, 1.54) is 7.11 Å². The van der Waals surface area contributed by atoms with Crippen LogP contribution in [0.25, 0.3) is 11.1 Å². The molecule has 0 fully saturated rings. The monoisotopic (exact) mass is 471 g/mol. The lowest BCUT2D eigenvalue weighted by molar-refractivity contribution is -0.147. The van der Waals surface area contributed by atoms with Gasteiger partial charge in [0, 0.05) is 23.5 Å². The van der Waals surface area contributed by atoms with Crippen LogP contribution in [0.2, 0.25) is 0 Å². The number of benzene rings is 3. The summed E-state index contributed by atoms with van der Waals surface area (Å²) < 4.78 is 4.94. The fraction of sp³-hybridized carbons (Fsp3) is 0.250. The fourth-order valence-corrected chi connectivity index (χ4v) is 4.37. The number of aryl methyl sites for hydroxylation is 1. The first-order chi connectivity index (χ1) is 16.8. The molecule has 0 aromatic heterocycles. The normalized spacial score (nSPS) is 13.4. The number of amides is 3. The maximum Gasteiger partial charge on any atom is 0.328 e. The quantitative estimate of drug-likeness (QED) is 0.468. The molecule has 7 nitrogen and oxygen atoms in total. The molecule has 3 aromatic rings. The molecule has 3 amide bonds. The predicted octanol–water partition coefficient (Wildman–Crippen LogP) is 5.46. The van der Waals surface area contributed by atoms with Crippen molar-refractivity contribution in [3.8, 4) is 11.1 Å². The highest BCUT2D eigenvalue weighted by molar-refractivity contribution is 6.02. The van der Waals surface area contributed by atoms with E-state index in [1.54, 1.807) is 4.90 Å². The molecule has 1 heterocycles. The average Bonchev–Trinajstić information content (AvgIpc) is 3.14. The number of fused-ring (bicyclic) bond motifs is 1. The van der Waals surface area contributed by atoms with Gasteiger partial charge in [-0.1, -0.05) is 50.2 Å². The van der Waals surface area contributed by atoms with Crippen molar-refractivity contribution in [2.45, 2.75) is 33.4 Å². The zero-order valence-corrected chi connectivity index (χ0v) is 20.3. The number of hydrogen-bond donors (Lipinski definition) is 2. The molecule has 0 saturated carbocycles. The first-order valence-corrected chi connectivity index (χ1v) is 11.5. The molecular formula is C28H29N3O4. The Hall–Kier alpha value is -4.13. The van der Waals surface area contributed by atoms with Crippen LogP contribution in [0.4, 0.5) is 16.2 Å². The number of nitrogens with one attached hydrogen (secondary N) is 2. The second-order valence-corrected chi connectivity index (χ2v) is 9.04. The van der Waals surface area contributed by atoms with E-state index >= 15 is 0 Å². The number of methoxy groups -OCH3 is 1. The predicted molar refractivity (Wildman–Crippen MR) is 136 cm³/mol. The van der Waals surface area contributed by atoms with Crippen LogP contribution in [0.5, 0.6) is 0 Å². The van der Waals surface area contributed by atoms with Gasteiger partial charge in [0.1, 0.15) is 6.04 Å². The van der Waals surface area contributed by atoms with Gasteiger partial charge in [-0.15, -0.1) is 0 Å². The van der Waals surface area contributed by atoms with Gasteiger partial charge in [0.2, 0.25) is 0 Å². The van der Waals surface area contributed by atoms with Crippen molar-refractivity contribution in [3.05, 3.63) is 83.4 Å². The van der Waals surface area contributed by atoms with Crippen LogP contribution in [0, 0.1) is 12.8 Å². The Bertz CT molecular complexity index is 1270.